The van der Waals surface area contributed by atoms with Crippen LogP contribution in [-0.2, 0) is 20.0 Å². The molecule has 1 amide bonds. The van der Waals surface area contributed by atoms with Gasteiger partial charge in [0.15, 0.2) is 0 Å². The molecule has 0 atom stereocenters. The van der Waals surface area contributed by atoms with E-state index in [0.717, 1.165) is 22.4 Å². The highest BCUT2D eigenvalue weighted by molar-refractivity contribution is 7.08. The van der Waals surface area contributed by atoms with Crippen molar-refractivity contribution in [3.63, 3.8) is 0 Å². The van der Waals surface area contributed by atoms with Crippen molar-refractivity contribution in [3.8, 4) is 11.1 Å². The first-order chi connectivity index (χ1) is 12.6. The van der Waals surface area contributed by atoms with Crippen molar-refractivity contribution in [1.82, 2.24) is 9.47 Å². The summed E-state index contributed by atoms with van der Waals surface area (Å²) >= 11 is 7.82. The van der Waals surface area contributed by atoms with Gasteiger partial charge in [-0.3, -0.25) is 9.59 Å². The van der Waals surface area contributed by atoms with Crippen LogP contribution < -0.4 is 5.56 Å². The van der Waals surface area contributed by atoms with Crippen molar-refractivity contribution in [1.29, 1.82) is 0 Å². The van der Waals surface area contributed by atoms with Crippen LogP contribution in [0.2, 0.25) is 5.02 Å². The summed E-state index contributed by atoms with van der Waals surface area (Å²) < 4.78 is 1.69. The number of amides is 1. The Morgan fingerprint density at radius 3 is 2.73 bits per heavy atom. The van der Waals surface area contributed by atoms with E-state index in [9.17, 15) is 9.59 Å². The SMILES string of the molecule is Cn1c2c(cc(-c3ccccc3Cl)c1=O)CN(C(=O)c1ccsc1)CC2. The zero-order valence-corrected chi connectivity index (χ0v) is 15.8. The van der Waals surface area contributed by atoms with Crippen LogP contribution in [0.25, 0.3) is 11.1 Å². The maximum absolute atomic E-state index is 12.8. The number of halogens is 1. The number of pyridine rings is 1. The molecule has 4 nitrogen and oxygen atoms in total. The van der Waals surface area contributed by atoms with E-state index >= 15 is 0 Å². The Kier molecular flexibility index (Phi) is 4.42. The van der Waals surface area contributed by atoms with Gasteiger partial charge in [0.1, 0.15) is 0 Å². The minimum absolute atomic E-state index is 0.0325. The molecule has 1 aliphatic heterocycles. The number of thiophene rings is 1. The van der Waals surface area contributed by atoms with Gasteiger partial charge >= 0.3 is 0 Å². The molecule has 0 spiro atoms. The predicted octanol–water partition coefficient (Wildman–Crippen LogP) is 3.97. The second-order valence-corrected chi connectivity index (χ2v) is 7.55. The van der Waals surface area contributed by atoms with Gasteiger partial charge in [-0.2, -0.15) is 11.3 Å². The van der Waals surface area contributed by atoms with Gasteiger partial charge in [0, 0.05) is 53.8 Å². The van der Waals surface area contributed by atoms with Crippen molar-refractivity contribution in [2.45, 2.75) is 13.0 Å². The monoisotopic (exact) mass is 384 g/mol. The summed E-state index contributed by atoms with van der Waals surface area (Å²) in [6.07, 6.45) is 0.666. The average Bonchev–Trinajstić information content (AvgIpc) is 3.19. The highest BCUT2D eigenvalue weighted by Gasteiger charge is 2.25. The highest BCUT2D eigenvalue weighted by atomic mass is 35.5. The number of hydrogen-bond donors (Lipinski definition) is 0. The fraction of sp³-hybridized carbons (Fsp3) is 0.200. The normalized spacial score (nSPS) is 13.5. The summed E-state index contributed by atoms with van der Waals surface area (Å²) in [6, 6.07) is 11.1. The van der Waals surface area contributed by atoms with Crippen molar-refractivity contribution < 1.29 is 4.79 Å². The first-order valence-corrected chi connectivity index (χ1v) is 9.66. The summed E-state index contributed by atoms with van der Waals surface area (Å²) in [5.41, 5.74) is 3.93. The van der Waals surface area contributed by atoms with Crippen LogP contribution in [0.15, 0.2) is 52.0 Å². The van der Waals surface area contributed by atoms with E-state index in [1.807, 2.05) is 46.0 Å². The molecule has 6 heteroatoms. The van der Waals surface area contributed by atoms with Gasteiger partial charge < -0.3 is 9.47 Å². The van der Waals surface area contributed by atoms with E-state index in [-0.39, 0.29) is 11.5 Å². The molecular formula is C20H17ClN2O2S. The molecule has 2 aromatic heterocycles. The molecule has 0 aliphatic carbocycles. The minimum Gasteiger partial charge on any atom is -0.334 e. The van der Waals surface area contributed by atoms with E-state index in [0.29, 0.717) is 30.1 Å². The van der Waals surface area contributed by atoms with E-state index in [1.54, 1.807) is 17.7 Å². The topological polar surface area (TPSA) is 42.3 Å². The average molecular weight is 385 g/mol. The highest BCUT2D eigenvalue weighted by Crippen LogP contribution is 2.28. The Balaban J connectivity index is 1.76. The number of fused-ring (bicyclic) bond motifs is 1. The lowest BCUT2D eigenvalue weighted by Gasteiger charge is -2.30. The number of carbonyl (C=O) groups excluding carboxylic acids is 1. The Bertz CT molecular complexity index is 1040. The molecule has 26 heavy (non-hydrogen) atoms. The number of aromatic nitrogens is 1. The number of hydrogen-bond acceptors (Lipinski definition) is 3. The van der Waals surface area contributed by atoms with Gasteiger partial charge in [-0.15, -0.1) is 0 Å². The molecule has 0 radical (unpaired) electrons. The Labute approximate surface area is 160 Å². The number of nitrogens with zero attached hydrogens (tertiary/aromatic N) is 2. The van der Waals surface area contributed by atoms with Crippen LogP contribution in [0.3, 0.4) is 0 Å². The summed E-state index contributed by atoms with van der Waals surface area (Å²) in [7, 11) is 1.79. The van der Waals surface area contributed by atoms with Crippen LogP contribution in [0, 0.1) is 0 Å². The minimum atomic E-state index is -0.0607. The van der Waals surface area contributed by atoms with Gasteiger partial charge in [0.05, 0.1) is 5.56 Å². The molecule has 132 valence electrons. The standard InChI is InChI=1S/C20H17ClN2O2S/c1-22-18-6-8-23(19(24)13-7-9-26-12-13)11-14(18)10-16(20(22)25)15-4-2-3-5-17(15)21/h2-5,7,9-10,12H,6,8,11H2,1H3. The van der Waals surface area contributed by atoms with Gasteiger partial charge in [0.2, 0.25) is 0 Å². The lowest BCUT2D eigenvalue weighted by Crippen LogP contribution is -2.38. The fourth-order valence-corrected chi connectivity index (χ4v) is 4.31. The largest absolute Gasteiger partial charge is 0.334 e. The predicted molar refractivity (Wildman–Crippen MR) is 105 cm³/mol. The number of carbonyl (C=O) groups is 1. The van der Waals surface area contributed by atoms with Crippen molar-refractivity contribution >= 4 is 28.8 Å². The molecule has 3 aromatic rings. The van der Waals surface area contributed by atoms with Gasteiger partial charge in [-0.25, -0.2) is 0 Å². The first kappa shape index (κ1) is 17.1. The third-order valence-corrected chi connectivity index (χ3v) is 5.84. The van der Waals surface area contributed by atoms with E-state index in [2.05, 4.69) is 0 Å². The smallest absolute Gasteiger partial charge is 0.258 e. The third-order valence-electron chi connectivity index (χ3n) is 4.83. The van der Waals surface area contributed by atoms with Crippen LogP contribution in [-0.4, -0.2) is 21.9 Å². The maximum Gasteiger partial charge on any atom is 0.258 e. The van der Waals surface area contributed by atoms with E-state index in [1.165, 1.54) is 11.3 Å². The molecule has 0 saturated heterocycles. The molecule has 0 bridgehead atoms. The molecule has 0 fully saturated rings. The van der Waals surface area contributed by atoms with Gasteiger partial charge in [-0.05, 0) is 29.1 Å². The molecule has 1 aliphatic rings. The molecule has 3 heterocycles. The zero-order chi connectivity index (χ0) is 18.3. The molecular weight excluding hydrogens is 368 g/mol. The second kappa shape index (κ2) is 6.74. The summed E-state index contributed by atoms with van der Waals surface area (Å²) in [5.74, 6) is 0.0325. The number of rotatable bonds is 2. The van der Waals surface area contributed by atoms with Crippen molar-refractivity contribution in [2.75, 3.05) is 6.54 Å². The molecule has 0 unspecified atom stereocenters. The van der Waals surface area contributed by atoms with Crippen LogP contribution in [0.1, 0.15) is 21.6 Å². The van der Waals surface area contributed by atoms with Gasteiger partial charge in [0.25, 0.3) is 11.5 Å². The molecule has 0 N–H and O–H groups in total. The van der Waals surface area contributed by atoms with Crippen molar-refractivity contribution in [3.05, 3.63) is 79.4 Å². The molecule has 0 saturated carbocycles. The lowest BCUT2D eigenvalue weighted by atomic mass is 9.99. The third kappa shape index (κ3) is 2.87. The van der Waals surface area contributed by atoms with Crippen LogP contribution >= 0.6 is 22.9 Å². The molecule has 1 aromatic carbocycles. The second-order valence-electron chi connectivity index (χ2n) is 6.36. The Morgan fingerprint density at radius 2 is 2.00 bits per heavy atom. The fourth-order valence-electron chi connectivity index (χ4n) is 3.44. The first-order valence-electron chi connectivity index (χ1n) is 8.34. The Hall–Kier alpha value is -2.37. The Morgan fingerprint density at radius 1 is 1.19 bits per heavy atom. The maximum atomic E-state index is 12.8. The van der Waals surface area contributed by atoms with E-state index < -0.39 is 0 Å². The lowest BCUT2D eigenvalue weighted by molar-refractivity contribution is 0.0733. The zero-order valence-electron chi connectivity index (χ0n) is 14.2. The summed E-state index contributed by atoms with van der Waals surface area (Å²) in [5, 5.41) is 4.32. The van der Waals surface area contributed by atoms with Crippen LogP contribution in [0.4, 0.5) is 0 Å². The quantitative estimate of drug-likeness (QED) is 0.671. The molecule has 4 rings (SSSR count). The summed E-state index contributed by atoms with van der Waals surface area (Å²) in [4.78, 5) is 27.3. The van der Waals surface area contributed by atoms with Crippen LogP contribution in [0.5, 0.6) is 0 Å². The number of benzene rings is 1. The summed E-state index contributed by atoms with van der Waals surface area (Å²) in [6.45, 7) is 1.11. The van der Waals surface area contributed by atoms with Gasteiger partial charge in [-0.1, -0.05) is 29.8 Å². The van der Waals surface area contributed by atoms with E-state index in [4.69, 9.17) is 11.6 Å². The van der Waals surface area contributed by atoms with Crippen molar-refractivity contribution in [2.24, 2.45) is 7.05 Å².